The second-order valence-corrected chi connectivity index (χ2v) is 6.01. The SMILES string of the molecule is Nc1ncc2c(n1)CN(C(=O)CCc1ccc(Cl)c(Cl)c1)C2. The van der Waals surface area contributed by atoms with Gasteiger partial charge in [0.1, 0.15) is 0 Å². The first kappa shape index (κ1) is 15.1. The van der Waals surface area contributed by atoms with Crippen LogP contribution in [0, 0.1) is 0 Å². The van der Waals surface area contributed by atoms with Crippen LogP contribution in [0.5, 0.6) is 0 Å². The van der Waals surface area contributed by atoms with Gasteiger partial charge >= 0.3 is 0 Å². The average Bonchev–Trinajstić information content (AvgIpc) is 2.91. The Bertz CT molecular complexity index is 735. The monoisotopic (exact) mass is 336 g/mol. The Balaban J connectivity index is 1.60. The van der Waals surface area contributed by atoms with Gasteiger partial charge in [-0.05, 0) is 24.1 Å². The predicted molar refractivity (Wildman–Crippen MR) is 85.5 cm³/mol. The molecule has 0 bridgehead atoms. The van der Waals surface area contributed by atoms with E-state index in [1.54, 1.807) is 23.2 Å². The normalized spacial score (nSPS) is 13.3. The lowest BCUT2D eigenvalue weighted by molar-refractivity contribution is -0.131. The van der Waals surface area contributed by atoms with E-state index in [4.69, 9.17) is 28.9 Å². The first-order valence-corrected chi connectivity index (χ1v) is 7.60. The smallest absolute Gasteiger partial charge is 0.223 e. The summed E-state index contributed by atoms with van der Waals surface area (Å²) in [7, 11) is 0. The van der Waals surface area contributed by atoms with Crippen LogP contribution < -0.4 is 5.73 Å². The lowest BCUT2D eigenvalue weighted by atomic mass is 10.1. The molecule has 0 fully saturated rings. The maximum absolute atomic E-state index is 12.3. The van der Waals surface area contributed by atoms with E-state index in [1.807, 2.05) is 6.07 Å². The molecule has 0 spiro atoms. The van der Waals surface area contributed by atoms with E-state index >= 15 is 0 Å². The minimum absolute atomic E-state index is 0.0719. The maximum atomic E-state index is 12.3. The van der Waals surface area contributed by atoms with Crippen molar-refractivity contribution in [2.75, 3.05) is 5.73 Å². The van der Waals surface area contributed by atoms with Gasteiger partial charge in [0, 0.05) is 24.7 Å². The summed E-state index contributed by atoms with van der Waals surface area (Å²) in [6.07, 6.45) is 2.72. The number of aromatic nitrogens is 2. The summed E-state index contributed by atoms with van der Waals surface area (Å²) < 4.78 is 0. The molecular formula is C15H14Cl2N4O. The van der Waals surface area contributed by atoms with Crippen molar-refractivity contribution in [3.05, 3.63) is 51.3 Å². The molecule has 7 heteroatoms. The molecule has 0 saturated heterocycles. The Kier molecular flexibility index (Phi) is 4.18. The topological polar surface area (TPSA) is 72.1 Å². The van der Waals surface area contributed by atoms with Crippen LogP contribution in [0.4, 0.5) is 5.95 Å². The predicted octanol–water partition coefficient (Wildman–Crippen LogP) is 2.84. The second kappa shape index (κ2) is 6.10. The molecule has 0 atom stereocenters. The maximum Gasteiger partial charge on any atom is 0.223 e. The number of rotatable bonds is 3. The minimum Gasteiger partial charge on any atom is -0.368 e. The first-order chi connectivity index (χ1) is 10.5. The largest absolute Gasteiger partial charge is 0.368 e. The van der Waals surface area contributed by atoms with Gasteiger partial charge in [-0.2, -0.15) is 0 Å². The van der Waals surface area contributed by atoms with Gasteiger partial charge in [-0.3, -0.25) is 4.79 Å². The third-order valence-corrected chi connectivity index (χ3v) is 4.38. The first-order valence-electron chi connectivity index (χ1n) is 6.85. The summed E-state index contributed by atoms with van der Waals surface area (Å²) >= 11 is 11.9. The van der Waals surface area contributed by atoms with Gasteiger partial charge < -0.3 is 10.6 Å². The fourth-order valence-electron chi connectivity index (χ4n) is 2.45. The molecular weight excluding hydrogens is 323 g/mol. The standard InChI is InChI=1S/C15H14Cl2N4O/c16-11-3-1-9(5-12(11)17)2-4-14(22)21-7-10-6-19-15(18)20-13(10)8-21/h1,3,5-6H,2,4,7-8H2,(H2,18,19,20). The molecule has 0 unspecified atom stereocenters. The number of carbonyl (C=O) groups is 1. The number of amides is 1. The van der Waals surface area contributed by atoms with Crippen molar-refractivity contribution < 1.29 is 4.79 Å². The zero-order valence-corrected chi connectivity index (χ0v) is 13.2. The van der Waals surface area contributed by atoms with E-state index in [-0.39, 0.29) is 11.9 Å². The van der Waals surface area contributed by atoms with Crippen molar-refractivity contribution in [2.45, 2.75) is 25.9 Å². The van der Waals surface area contributed by atoms with Crippen molar-refractivity contribution in [3.8, 4) is 0 Å². The number of nitrogens with two attached hydrogens (primary N) is 1. The molecule has 1 aromatic heterocycles. The molecule has 2 heterocycles. The molecule has 1 aliphatic heterocycles. The molecule has 1 aromatic carbocycles. The molecule has 22 heavy (non-hydrogen) atoms. The Hall–Kier alpha value is -1.85. The molecule has 2 N–H and O–H groups in total. The summed E-state index contributed by atoms with van der Waals surface area (Å²) in [5.41, 5.74) is 8.34. The van der Waals surface area contributed by atoms with Gasteiger partial charge in [-0.15, -0.1) is 0 Å². The van der Waals surface area contributed by atoms with E-state index in [0.29, 0.717) is 36.0 Å². The van der Waals surface area contributed by atoms with Crippen LogP contribution in [0.3, 0.4) is 0 Å². The Labute approximate surface area is 138 Å². The van der Waals surface area contributed by atoms with Crippen molar-refractivity contribution in [1.29, 1.82) is 0 Å². The highest BCUT2D eigenvalue weighted by atomic mass is 35.5. The van der Waals surface area contributed by atoms with Gasteiger partial charge in [0.05, 0.1) is 22.3 Å². The number of nitrogen functional groups attached to an aromatic ring is 1. The Morgan fingerprint density at radius 3 is 2.86 bits per heavy atom. The summed E-state index contributed by atoms with van der Waals surface area (Å²) in [4.78, 5) is 22.2. The van der Waals surface area contributed by atoms with Crippen LogP contribution >= 0.6 is 23.2 Å². The van der Waals surface area contributed by atoms with Crippen molar-refractivity contribution in [3.63, 3.8) is 0 Å². The lowest BCUT2D eigenvalue weighted by Crippen LogP contribution is -2.25. The number of carbonyl (C=O) groups excluding carboxylic acids is 1. The number of aryl methyl sites for hydroxylation is 1. The molecule has 1 amide bonds. The molecule has 3 rings (SSSR count). The summed E-state index contributed by atoms with van der Waals surface area (Å²) in [6.45, 7) is 1.03. The van der Waals surface area contributed by atoms with E-state index in [1.165, 1.54) is 0 Å². The highest BCUT2D eigenvalue weighted by molar-refractivity contribution is 6.42. The van der Waals surface area contributed by atoms with Crippen LogP contribution in [-0.4, -0.2) is 20.8 Å². The lowest BCUT2D eigenvalue weighted by Gasteiger charge is -2.15. The van der Waals surface area contributed by atoms with Crippen molar-refractivity contribution >= 4 is 35.1 Å². The number of halogens is 2. The fraction of sp³-hybridized carbons (Fsp3) is 0.267. The number of hydrogen-bond donors (Lipinski definition) is 1. The van der Waals surface area contributed by atoms with Gasteiger partial charge in [0.25, 0.3) is 0 Å². The number of anilines is 1. The van der Waals surface area contributed by atoms with E-state index in [2.05, 4.69) is 9.97 Å². The average molecular weight is 337 g/mol. The zero-order chi connectivity index (χ0) is 15.7. The Morgan fingerprint density at radius 1 is 1.27 bits per heavy atom. The van der Waals surface area contributed by atoms with Gasteiger partial charge in [-0.25, -0.2) is 9.97 Å². The van der Waals surface area contributed by atoms with Gasteiger partial charge in [0.2, 0.25) is 11.9 Å². The number of hydrogen-bond acceptors (Lipinski definition) is 4. The molecule has 0 radical (unpaired) electrons. The quantitative estimate of drug-likeness (QED) is 0.935. The molecule has 0 saturated carbocycles. The minimum atomic E-state index is 0.0719. The molecule has 5 nitrogen and oxygen atoms in total. The van der Waals surface area contributed by atoms with Gasteiger partial charge in [-0.1, -0.05) is 29.3 Å². The number of benzene rings is 1. The fourth-order valence-corrected chi connectivity index (χ4v) is 2.77. The van der Waals surface area contributed by atoms with E-state index < -0.39 is 0 Å². The zero-order valence-electron chi connectivity index (χ0n) is 11.7. The van der Waals surface area contributed by atoms with Crippen molar-refractivity contribution in [2.24, 2.45) is 0 Å². The molecule has 0 aliphatic carbocycles. The highest BCUT2D eigenvalue weighted by Crippen LogP contribution is 2.24. The van der Waals surface area contributed by atoms with E-state index in [9.17, 15) is 4.79 Å². The van der Waals surface area contributed by atoms with Crippen LogP contribution in [0.15, 0.2) is 24.4 Å². The van der Waals surface area contributed by atoms with Crippen LogP contribution in [0.2, 0.25) is 10.0 Å². The molecule has 1 aliphatic rings. The van der Waals surface area contributed by atoms with Crippen LogP contribution in [0.25, 0.3) is 0 Å². The Morgan fingerprint density at radius 2 is 2.09 bits per heavy atom. The van der Waals surface area contributed by atoms with E-state index in [0.717, 1.165) is 16.8 Å². The summed E-state index contributed by atoms with van der Waals surface area (Å²) in [5.74, 6) is 0.312. The van der Waals surface area contributed by atoms with Gasteiger partial charge in [0.15, 0.2) is 0 Å². The second-order valence-electron chi connectivity index (χ2n) is 5.20. The molecule has 2 aromatic rings. The summed E-state index contributed by atoms with van der Waals surface area (Å²) in [5, 5.41) is 1.02. The molecule has 114 valence electrons. The highest BCUT2D eigenvalue weighted by Gasteiger charge is 2.24. The van der Waals surface area contributed by atoms with Crippen LogP contribution in [-0.2, 0) is 24.3 Å². The van der Waals surface area contributed by atoms with Crippen molar-refractivity contribution in [1.82, 2.24) is 14.9 Å². The number of nitrogens with zero attached hydrogens (tertiary/aromatic N) is 3. The third-order valence-electron chi connectivity index (χ3n) is 3.64. The number of fused-ring (bicyclic) bond motifs is 1. The summed E-state index contributed by atoms with van der Waals surface area (Å²) in [6, 6.07) is 5.42. The van der Waals surface area contributed by atoms with Crippen LogP contribution in [0.1, 0.15) is 23.2 Å². The third kappa shape index (κ3) is 3.15.